The number of aryl methyl sites for hydroxylation is 2. The Hall–Kier alpha value is -3.35. The Morgan fingerprint density at radius 3 is 2.31 bits per heavy atom. The molecule has 0 unspecified atom stereocenters. The van der Waals surface area contributed by atoms with Crippen molar-refractivity contribution in [3.8, 4) is 0 Å². The van der Waals surface area contributed by atoms with Gasteiger partial charge in [-0.3, -0.25) is 4.79 Å². The summed E-state index contributed by atoms with van der Waals surface area (Å²) in [6.07, 6.45) is 0. The van der Waals surface area contributed by atoms with Crippen molar-refractivity contribution in [2.75, 3.05) is 10.6 Å². The number of carbonyl (C=O) groups excluding carboxylic acids is 1. The van der Waals surface area contributed by atoms with E-state index in [0.717, 1.165) is 23.5 Å². The molecule has 0 aliphatic carbocycles. The van der Waals surface area contributed by atoms with Crippen LogP contribution in [0.25, 0.3) is 0 Å². The summed E-state index contributed by atoms with van der Waals surface area (Å²) >= 11 is 0. The van der Waals surface area contributed by atoms with Crippen molar-refractivity contribution >= 4 is 23.2 Å². The van der Waals surface area contributed by atoms with Crippen molar-refractivity contribution < 1.29 is 13.6 Å². The Morgan fingerprint density at radius 1 is 0.923 bits per heavy atom. The summed E-state index contributed by atoms with van der Waals surface area (Å²) in [5, 5.41) is 5.65. The number of amides is 1. The number of aromatic nitrogens is 2. The highest BCUT2D eigenvalue weighted by atomic mass is 19.1. The van der Waals surface area contributed by atoms with Gasteiger partial charge in [0, 0.05) is 28.8 Å². The van der Waals surface area contributed by atoms with Gasteiger partial charge in [-0.15, -0.1) is 0 Å². The van der Waals surface area contributed by atoms with Crippen LogP contribution in [0, 0.1) is 25.5 Å². The molecule has 0 saturated heterocycles. The number of halogens is 2. The minimum absolute atomic E-state index is 0.234. The summed E-state index contributed by atoms with van der Waals surface area (Å²) in [5.74, 6) is -1.88. The predicted octanol–water partition coefficient (Wildman–Crippen LogP) is 4.37. The van der Waals surface area contributed by atoms with E-state index >= 15 is 0 Å². The molecule has 1 aromatic heterocycles. The normalized spacial score (nSPS) is 10.5. The fourth-order valence-corrected chi connectivity index (χ4v) is 2.46. The Morgan fingerprint density at radius 2 is 1.62 bits per heavy atom. The van der Waals surface area contributed by atoms with Crippen LogP contribution in [0.2, 0.25) is 0 Å². The van der Waals surface area contributed by atoms with Crippen molar-refractivity contribution in [2.24, 2.45) is 0 Å². The molecule has 0 bridgehead atoms. The second kappa shape index (κ2) is 7.26. The Kier molecular flexibility index (Phi) is 4.88. The first-order valence-electron chi connectivity index (χ1n) is 7.86. The van der Waals surface area contributed by atoms with Gasteiger partial charge in [-0.25, -0.2) is 18.7 Å². The molecule has 3 rings (SSSR count). The highest BCUT2D eigenvalue weighted by Gasteiger charge is 2.13. The second-order valence-corrected chi connectivity index (χ2v) is 5.76. The van der Waals surface area contributed by atoms with E-state index in [1.807, 2.05) is 19.9 Å². The number of hydrogen-bond donors (Lipinski definition) is 2. The average molecular weight is 354 g/mol. The van der Waals surface area contributed by atoms with E-state index in [9.17, 15) is 13.6 Å². The van der Waals surface area contributed by atoms with Crippen molar-refractivity contribution in [1.29, 1.82) is 0 Å². The third kappa shape index (κ3) is 4.18. The van der Waals surface area contributed by atoms with Gasteiger partial charge in [0.2, 0.25) is 5.95 Å². The average Bonchev–Trinajstić information content (AvgIpc) is 2.54. The maximum atomic E-state index is 13.7. The van der Waals surface area contributed by atoms with Crippen molar-refractivity contribution in [3.05, 3.63) is 77.1 Å². The zero-order valence-corrected chi connectivity index (χ0v) is 14.2. The number of nitrogens with zero attached hydrogens (tertiary/aromatic N) is 2. The van der Waals surface area contributed by atoms with Crippen LogP contribution in [0.15, 0.2) is 48.5 Å². The lowest BCUT2D eigenvalue weighted by molar-refractivity contribution is 0.102. The van der Waals surface area contributed by atoms with Crippen LogP contribution < -0.4 is 10.6 Å². The van der Waals surface area contributed by atoms with Gasteiger partial charge in [-0.2, -0.15) is 0 Å². The Balaban J connectivity index is 1.77. The molecule has 0 atom stereocenters. The lowest BCUT2D eigenvalue weighted by Gasteiger charge is -2.10. The van der Waals surface area contributed by atoms with Crippen LogP contribution in [0.4, 0.5) is 26.1 Å². The van der Waals surface area contributed by atoms with Gasteiger partial charge < -0.3 is 10.6 Å². The molecule has 1 amide bonds. The first-order valence-corrected chi connectivity index (χ1v) is 7.86. The molecule has 2 aromatic carbocycles. The van der Waals surface area contributed by atoms with Gasteiger partial charge in [0.15, 0.2) is 0 Å². The van der Waals surface area contributed by atoms with Crippen LogP contribution in [0.1, 0.15) is 21.7 Å². The van der Waals surface area contributed by atoms with E-state index in [4.69, 9.17) is 0 Å². The number of carbonyl (C=O) groups is 1. The summed E-state index contributed by atoms with van der Waals surface area (Å²) in [7, 11) is 0. The lowest BCUT2D eigenvalue weighted by Crippen LogP contribution is -2.14. The summed E-state index contributed by atoms with van der Waals surface area (Å²) < 4.78 is 26.7. The molecule has 7 heteroatoms. The van der Waals surface area contributed by atoms with Gasteiger partial charge >= 0.3 is 0 Å². The molecular weight excluding hydrogens is 338 g/mol. The van der Waals surface area contributed by atoms with Gasteiger partial charge in [0.1, 0.15) is 11.6 Å². The highest BCUT2D eigenvalue weighted by Crippen LogP contribution is 2.20. The molecule has 0 saturated carbocycles. The quantitative estimate of drug-likeness (QED) is 0.730. The van der Waals surface area contributed by atoms with Crippen LogP contribution >= 0.6 is 0 Å². The molecule has 3 aromatic rings. The fraction of sp³-hybridized carbons (Fsp3) is 0.105. The molecule has 0 radical (unpaired) electrons. The van der Waals surface area contributed by atoms with E-state index in [-0.39, 0.29) is 5.56 Å². The second-order valence-electron chi connectivity index (χ2n) is 5.76. The standard InChI is InChI=1S/C19H16F2N4O/c1-11-8-12(2)23-19(22-11)25-15-5-3-4-14(10-15)24-18(26)16-7-6-13(20)9-17(16)21/h3-10H,1-2H3,(H,24,26)(H,22,23,25). The summed E-state index contributed by atoms with van der Waals surface area (Å²) in [6, 6.07) is 11.5. The maximum Gasteiger partial charge on any atom is 0.258 e. The van der Waals surface area contributed by atoms with Crippen molar-refractivity contribution in [3.63, 3.8) is 0 Å². The molecule has 26 heavy (non-hydrogen) atoms. The predicted molar refractivity (Wildman–Crippen MR) is 95.5 cm³/mol. The monoisotopic (exact) mass is 354 g/mol. The third-order valence-corrected chi connectivity index (χ3v) is 3.53. The van der Waals surface area contributed by atoms with Gasteiger partial charge in [0.25, 0.3) is 5.91 Å². The van der Waals surface area contributed by atoms with Crippen molar-refractivity contribution in [2.45, 2.75) is 13.8 Å². The maximum absolute atomic E-state index is 13.7. The Bertz CT molecular complexity index is 955. The molecule has 132 valence electrons. The number of rotatable bonds is 4. The highest BCUT2D eigenvalue weighted by molar-refractivity contribution is 6.04. The smallest absolute Gasteiger partial charge is 0.258 e. The molecule has 0 aliphatic heterocycles. The number of benzene rings is 2. The minimum atomic E-state index is -0.916. The van der Waals surface area contributed by atoms with Crippen LogP contribution in [-0.4, -0.2) is 15.9 Å². The molecule has 0 spiro atoms. The summed E-state index contributed by atoms with van der Waals surface area (Å²) in [5.41, 5.74) is 2.54. The Labute approximate surface area is 149 Å². The van der Waals surface area contributed by atoms with E-state index in [1.54, 1.807) is 24.3 Å². The summed E-state index contributed by atoms with van der Waals surface area (Å²) in [4.78, 5) is 20.8. The van der Waals surface area contributed by atoms with Crippen molar-refractivity contribution in [1.82, 2.24) is 9.97 Å². The third-order valence-electron chi connectivity index (χ3n) is 3.53. The van der Waals surface area contributed by atoms with E-state index < -0.39 is 17.5 Å². The SMILES string of the molecule is Cc1cc(C)nc(Nc2cccc(NC(=O)c3ccc(F)cc3F)c2)n1. The zero-order chi connectivity index (χ0) is 18.7. The van der Waals surface area contributed by atoms with E-state index in [0.29, 0.717) is 23.4 Å². The largest absolute Gasteiger partial charge is 0.324 e. The first kappa shape index (κ1) is 17.5. The van der Waals surface area contributed by atoms with Gasteiger partial charge in [0.05, 0.1) is 5.56 Å². The lowest BCUT2D eigenvalue weighted by atomic mass is 10.2. The zero-order valence-electron chi connectivity index (χ0n) is 14.2. The van der Waals surface area contributed by atoms with Crippen LogP contribution in [0.3, 0.4) is 0 Å². The van der Waals surface area contributed by atoms with Gasteiger partial charge in [-0.1, -0.05) is 6.07 Å². The minimum Gasteiger partial charge on any atom is -0.324 e. The molecule has 1 heterocycles. The molecular formula is C19H16F2N4O. The number of hydrogen-bond acceptors (Lipinski definition) is 4. The van der Waals surface area contributed by atoms with Crippen LogP contribution in [0.5, 0.6) is 0 Å². The summed E-state index contributed by atoms with van der Waals surface area (Å²) in [6.45, 7) is 3.74. The molecule has 0 aliphatic rings. The topological polar surface area (TPSA) is 66.9 Å². The number of anilines is 3. The molecule has 2 N–H and O–H groups in total. The molecule has 5 nitrogen and oxygen atoms in total. The molecule has 0 fully saturated rings. The van der Waals surface area contributed by atoms with Gasteiger partial charge in [-0.05, 0) is 50.2 Å². The first-order chi connectivity index (χ1) is 12.4. The van der Waals surface area contributed by atoms with E-state index in [2.05, 4.69) is 20.6 Å². The van der Waals surface area contributed by atoms with E-state index in [1.165, 1.54) is 0 Å². The fourth-order valence-electron chi connectivity index (χ4n) is 2.46. The van der Waals surface area contributed by atoms with Crippen LogP contribution in [-0.2, 0) is 0 Å². The number of nitrogens with one attached hydrogen (secondary N) is 2.